The van der Waals surface area contributed by atoms with Gasteiger partial charge in [-0.05, 0) is 0 Å². The van der Waals surface area contributed by atoms with Crippen molar-refractivity contribution in [3.63, 3.8) is 0 Å². The fraction of sp³-hybridized carbons (Fsp3) is 1.00. The molecule has 0 unspecified atom stereocenters. The number of alkyl halides is 8. The van der Waals surface area contributed by atoms with Gasteiger partial charge in [-0.3, -0.25) is 0 Å². The Morgan fingerprint density at radius 2 is 0.438 bits per heavy atom. The summed E-state index contributed by atoms with van der Waals surface area (Å²) in [7, 11) is 0. The molecule has 0 radical (unpaired) electrons. The second-order valence-electron chi connectivity index (χ2n) is 2.98. The molecule has 0 bridgehead atoms. The number of hydrogen-bond donors (Lipinski definition) is 0. The van der Waals surface area contributed by atoms with Gasteiger partial charge >= 0.3 is 163 Å². The van der Waals surface area contributed by atoms with Gasteiger partial charge in [0, 0.05) is 0 Å². The van der Waals surface area contributed by atoms with E-state index in [1.807, 2.05) is 0 Å². The molecule has 32 heavy (non-hydrogen) atoms. The van der Waals surface area contributed by atoms with Crippen molar-refractivity contribution in [1.29, 1.82) is 0 Å². The minimum atomic E-state index is 0. The Bertz CT molecular complexity index is 65.8. The zero-order valence-electron chi connectivity index (χ0n) is 13.8. The first-order chi connectivity index (χ1) is 8.66. The van der Waals surface area contributed by atoms with Gasteiger partial charge < -0.3 is 0 Å². The van der Waals surface area contributed by atoms with Crippen molar-refractivity contribution in [3.8, 4) is 0 Å². The van der Waals surface area contributed by atoms with E-state index in [0.29, 0.717) is 84.8 Å². The van der Waals surface area contributed by atoms with Crippen LogP contribution in [0.25, 0.3) is 0 Å². The average Bonchev–Trinajstić information content (AvgIpc) is 2.42. The predicted molar refractivity (Wildman–Crippen MR) is 169 cm³/mol. The van der Waals surface area contributed by atoms with E-state index in [2.05, 4.69) is 47.4 Å². The first-order valence-electron chi connectivity index (χ1n) is 6.41. The van der Waals surface area contributed by atoms with E-state index < -0.39 is 0 Å². The van der Waals surface area contributed by atoms with Gasteiger partial charge in [0.2, 0.25) is 0 Å². The summed E-state index contributed by atoms with van der Waals surface area (Å²) >= 11 is 2.44. The third-order valence-electron chi connectivity index (χ3n) is 1.29. The van der Waals surface area contributed by atoms with E-state index in [4.69, 9.17) is 0 Å². The van der Waals surface area contributed by atoms with E-state index in [0.717, 1.165) is 0 Å². The van der Waals surface area contributed by atoms with Gasteiger partial charge in [-0.1, -0.05) is 104 Å². The number of hydrogen-bond acceptors (Lipinski definition) is 0. The van der Waals surface area contributed by atoms with Gasteiger partial charge in [0.15, 0.2) is 0 Å². The summed E-state index contributed by atoms with van der Waals surface area (Å²) in [6.45, 7) is 8.94. The Morgan fingerprint density at radius 1 is 0.312 bits per heavy atom. The molecule has 0 aliphatic rings. The van der Waals surface area contributed by atoms with Gasteiger partial charge in [-0.25, -0.2) is 0 Å². The molecule has 0 aromatic carbocycles. The molecule has 0 heterocycles. The predicted octanol–water partition coefficient (Wildman–Crippen LogP) is 0.586. The van der Waals surface area contributed by atoms with E-state index in [1.54, 1.807) is 0 Å². The summed E-state index contributed by atoms with van der Waals surface area (Å²) < 4.78 is 5.86. The Balaban J connectivity index is -0.00000000447. The standard InChI is InChI=1S/2C4H10I.2C3H8I.14CH4/c2*1-3-4-5-2;2*1-3-4-2;;;;;;;;;;;;;;/h2*3-4H2,1-2H3;2*3H2,1-2H3;14*1H4/q4*-1;;;;;;;;;;;;;;. The molecule has 4 heteroatoms. The van der Waals surface area contributed by atoms with Crippen molar-refractivity contribution in [2.75, 3.05) is 37.4 Å². The van der Waals surface area contributed by atoms with Crippen molar-refractivity contribution in [1.82, 2.24) is 0 Å². The Labute approximate surface area is 263 Å². The zero-order chi connectivity index (χ0) is 15.1. The summed E-state index contributed by atoms with van der Waals surface area (Å²) in [4.78, 5) is 9.22. The van der Waals surface area contributed by atoms with Crippen LogP contribution < -0.4 is 84.8 Å². The van der Waals surface area contributed by atoms with Crippen LogP contribution in [0.15, 0.2) is 0 Å². The van der Waals surface area contributed by atoms with Crippen LogP contribution in [0.5, 0.6) is 0 Å². The van der Waals surface area contributed by atoms with Crippen LogP contribution in [0, 0.1) is 0 Å². The fourth-order valence-corrected chi connectivity index (χ4v) is 2.54. The molecular formula is C28H92I4-4. The fourth-order valence-electron chi connectivity index (χ4n) is 0.378. The van der Waals surface area contributed by atoms with E-state index >= 15 is 0 Å². The van der Waals surface area contributed by atoms with Crippen molar-refractivity contribution >= 4 is 0 Å². The van der Waals surface area contributed by atoms with Crippen LogP contribution in [-0.4, -0.2) is 37.4 Å². The topological polar surface area (TPSA) is 0 Å². The Hall–Kier alpha value is 2.92. The molecule has 0 fully saturated rings. The molecule has 0 aromatic rings. The van der Waals surface area contributed by atoms with Crippen LogP contribution in [0.2, 0.25) is 0 Å². The first-order valence-corrected chi connectivity index (χ1v) is 21.1. The summed E-state index contributed by atoms with van der Waals surface area (Å²) in [5.41, 5.74) is 0. The molecule has 0 atom stereocenters. The molecular weight excluding hydrogens is 844 g/mol. The molecule has 0 amide bonds. The maximum absolute atomic E-state index is 2.32. The Morgan fingerprint density at radius 3 is 0.438 bits per heavy atom. The van der Waals surface area contributed by atoms with Crippen LogP contribution >= 0.6 is 0 Å². The van der Waals surface area contributed by atoms with Crippen molar-refractivity contribution in [3.05, 3.63) is 0 Å². The Kier molecular flexibility index (Phi) is 966. The average molecular weight is 937 g/mol. The molecule has 0 aliphatic heterocycles. The first kappa shape index (κ1) is 140. The van der Waals surface area contributed by atoms with E-state index in [1.165, 1.54) is 30.6 Å². The molecule has 0 saturated carbocycles. The SMILES string of the molecule is C.C.C.C.C.C.C.C.C.C.C.C.C.C.CCC[I-]C.CCC[I-]C.CC[I-]C.CC[I-]C. The maximum atomic E-state index is 2.32. The summed E-state index contributed by atoms with van der Waals surface area (Å²) in [5.74, 6) is 0. The molecule has 0 spiro atoms. The third kappa shape index (κ3) is 422. The van der Waals surface area contributed by atoms with Crippen LogP contribution in [-0.2, 0) is 0 Å². The van der Waals surface area contributed by atoms with Crippen molar-refractivity contribution in [2.45, 2.75) is 145 Å². The second kappa shape index (κ2) is 220. The van der Waals surface area contributed by atoms with E-state index in [9.17, 15) is 0 Å². The van der Waals surface area contributed by atoms with Gasteiger partial charge in [-0.2, -0.15) is 0 Å². The van der Waals surface area contributed by atoms with Crippen LogP contribution in [0.3, 0.4) is 0 Å². The third-order valence-corrected chi connectivity index (χ3v) is 8.66. The van der Waals surface area contributed by atoms with Gasteiger partial charge in [-0.15, -0.1) is 0 Å². The van der Waals surface area contributed by atoms with Crippen LogP contribution in [0.4, 0.5) is 0 Å². The van der Waals surface area contributed by atoms with Crippen molar-refractivity contribution < 1.29 is 84.8 Å². The number of halogens is 4. The molecule has 0 rings (SSSR count). The van der Waals surface area contributed by atoms with Gasteiger partial charge in [0.05, 0.1) is 0 Å². The van der Waals surface area contributed by atoms with Gasteiger partial charge in [0.1, 0.15) is 0 Å². The molecule has 0 aliphatic carbocycles. The van der Waals surface area contributed by atoms with Crippen molar-refractivity contribution in [2.24, 2.45) is 0 Å². The monoisotopic (exact) mass is 936 g/mol. The number of rotatable bonds is 6. The van der Waals surface area contributed by atoms with E-state index in [-0.39, 0.29) is 104 Å². The summed E-state index contributed by atoms with van der Waals surface area (Å²) in [6.07, 6.45) is 2.79. The summed E-state index contributed by atoms with van der Waals surface area (Å²) in [6, 6.07) is 0. The molecule has 0 nitrogen and oxygen atoms in total. The molecule has 0 N–H and O–H groups in total. The second-order valence-corrected chi connectivity index (χ2v) is 14.3. The minimum absolute atomic E-state index is 0. The molecule has 0 saturated heterocycles. The summed E-state index contributed by atoms with van der Waals surface area (Å²) in [5, 5.41) is 0. The molecule has 0 aromatic heterocycles. The zero-order valence-corrected chi connectivity index (χ0v) is 22.4. The normalized spacial score (nSPS) is 5.00. The van der Waals surface area contributed by atoms with Gasteiger partial charge in [0.25, 0.3) is 0 Å². The van der Waals surface area contributed by atoms with Crippen LogP contribution in [0.1, 0.15) is 145 Å². The quantitative estimate of drug-likeness (QED) is 0.271. The molecule has 236 valence electrons.